The molecule has 1 fully saturated rings. The van der Waals surface area contributed by atoms with E-state index in [0.717, 1.165) is 50.6 Å². The molecule has 0 saturated carbocycles. The van der Waals surface area contributed by atoms with Crippen molar-refractivity contribution in [1.82, 2.24) is 24.8 Å². The molecule has 1 amide bonds. The summed E-state index contributed by atoms with van der Waals surface area (Å²) >= 11 is 12.9. The van der Waals surface area contributed by atoms with E-state index in [-0.39, 0.29) is 21.1 Å². The number of ether oxygens (including phenoxy) is 3. The van der Waals surface area contributed by atoms with Crippen LogP contribution in [0.2, 0.25) is 10.0 Å². The van der Waals surface area contributed by atoms with Gasteiger partial charge in [-0.15, -0.1) is 0 Å². The summed E-state index contributed by atoms with van der Waals surface area (Å²) in [6.45, 7) is 5.94. The number of benzene rings is 3. The van der Waals surface area contributed by atoms with Crippen molar-refractivity contribution in [3.8, 4) is 28.4 Å². The molecule has 2 aromatic heterocycles. The number of hydrogen-bond acceptors (Lipinski definition) is 10. The van der Waals surface area contributed by atoms with E-state index in [0.29, 0.717) is 33.8 Å². The van der Waals surface area contributed by atoms with Crippen molar-refractivity contribution in [3.05, 3.63) is 106 Å². The van der Waals surface area contributed by atoms with Gasteiger partial charge in [0.15, 0.2) is 0 Å². The van der Waals surface area contributed by atoms with Crippen LogP contribution in [0.3, 0.4) is 0 Å². The fraction of sp³-hybridized carbons (Fsp3) is 0.250. The van der Waals surface area contributed by atoms with Crippen molar-refractivity contribution < 1.29 is 28.9 Å². The minimum absolute atomic E-state index is 0.0361. The molecule has 3 heterocycles. The van der Waals surface area contributed by atoms with Crippen LogP contribution in [0.25, 0.3) is 22.2 Å². The van der Waals surface area contributed by atoms with Gasteiger partial charge in [-0.25, -0.2) is 4.79 Å². The van der Waals surface area contributed by atoms with Gasteiger partial charge in [-0.05, 0) is 35.4 Å². The number of fused-ring (bicyclic) bond motifs is 1. The molecule has 0 atom stereocenters. The molecular weight excluding hydrogens is 683 g/mol. The third-order valence-corrected chi connectivity index (χ3v) is 8.96. The van der Waals surface area contributed by atoms with E-state index in [9.17, 15) is 14.7 Å². The normalized spacial score (nSPS) is 13.3. The lowest BCUT2D eigenvalue weighted by molar-refractivity contribution is 0.0698. The van der Waals surface area contributed by atoms with Crippen LogP contribution in [-0.2, 0) is 13.1 Å². The van der Waals surface area contributed by atoms with Crippen LogP contribution < -0.4 is 19.9 Å². The molecular formula is C36H36Cl2N6O6. The lowest BCUT2D eigenvalue weighted by Crippen LogP contribution is -2.45. The van der Waals surface area contributed by atoms with Gasteiger partial charge in [0.1, 0.15) is 28.5 Å². The zero-order chi connectivity index (χ0) is 35.8. The zero-order valence-electron chi connectivity index (χ0n) is 27.7. The van der Waals surface area contributed by atoms with Gasteiger partial charge in [-0.2, -0.15) is 0 Å². The number of aromatic nitrogens is 3. The maximum atomic E-state index is 11.4. The summed E-state index contributed by atoms with van der Waals surface area (Å²) in [6.07, 6.45) is 4.63. The number of carboxylic acid groups (broad SMARTS) is 1. The van der Waals surface area contributed by atoms with E-state index >= 15 is 0 Å². The first-order chi connectivity index (χ1) is 24.1. The summed E-state index contributed by atoms with van der Waals surface area (Å²) in [4.78, 5) is 39.9. The van der Waals surface area contributed by atoms with E-state index < -0.39 is 11.9 Å². The Balaban J connectivity index is 0.000000194. The van der Waals surface area contributed by atoms with Gasteiger partial charge in [0.05, 0.1) is 42.5 Å². The van der Waals surface area contributed by atoms with Crippen molar-refractivity contribution in [2.24, 2.45) is 5.73 Å². The van der Waals surface area contributed by atoms with Crippen LogP contribution in [0.5, 0.6) is 17.2 Å². The van der Waals surface area contributed by atoms with Crippen molar-refractivity contribution in [3.63, 3.8) is 0 Å². The SMILES string of the molecule is COc1cc(OC)c(Cl)c(-c2ccc(C(=O)O)c3nccnc23)c1Cl.COc1ccc(CN2CCN(Cc3ccc(C(N)=O)nc3)CC2)cc1. The van der Waals surface area contributed by atoms with Gasteiger partial charge in [0.25, 0.3) is 5.91 Å². The van der Waals surface area contributed by atoms with Crippen molar-refractivity contribution >= 4 is 46.1 Å². The first kappa shape index (κ1) is 36.3. The third-order valence-electron chi connectivity index (χ3n) is 8.21. The third kappa shape index (κ3) is 8.40. The van der Waals surface area contributed by atoms with E-state index in [1.165, 1.54) is 38.2 Å². The minimum Gasteiger partial charge on any atom is -0.497 e. The number of piperazine rings is 1. The molecule has 0 aliphatic carbocycles. The number of methoxy groups -OCH3 is 3. The van der Waals surface area contributed by atoms with Gasteiger partial charge in [-0.1, -0.05) is 47.5 Å². The molecule has 12 nitrogen and oxygen atoms in total. The number of rotatable bonds is 10. The van der Waals surface area contributed by atoms with Gasteiger partial charge in [0.2, 0.25) is 0 Å². The number of carboxylic acids is 1. The number of halogens is 2. The molecule has 50 heavy (non-hydrogen) atoms. The number of primary amides is 1. The second kappa shape index (κ2) is 16.6. The molecule has 5 aromatic rings. The highest BCUT2D eigenvalue weighted by Gasteiger charge is 2.23. The number of aromatic carboxylic acids is 1. The van der Waals surface area contributed by atoms with Crippen LogP contribution in [0.4, 0.5) is 0 Å². The molecule has 1 aliphatic heterocycles. The Morgan fingerprint density at radius 2 is 1.32 bits per heavy atom. The van der Waals surface area contributed by atoms with E-state index in [1.807, 2.05) is 18.2 Å². The van der Waals surface area contributed by atoms with Gasteiger partial charge in [-0.3, -0.25) is 29.5 Å². The van der Waals surface area contributed by atoms with Crippen molar-refractivity contribution in [1.29, 1.82) is 0 Å². The smallest absolute Gasteiger partial charge is 0.337 e. The summed E-state index contributed by atoms with van der Waals surface area (Å²) in [6, 6.07) is 16.5. The number of nitrogens with zero attached hydrogens (tertiary/aromatic N) is 5. The molecule has 260 valence electrons. The standard InChI is InChI=1S/C19H24N4O2.C17H12Cl2N2O4/c1-25-17-5-2-15(3-6-17)13-22-8-10-23(11-9-22)14-16-4-7-18(19(20)24)21-12-16;1-24-10-7-11(25-2)14(19)12(13(10)18)8-3-4-9(17(22)23)16-15(8)20-5-6-21-16/h2-7,12H,8-11,13-14H2,1H3,(H2,20,24);3-7H,1-2H3,(H,22,23). The van der Waals surface area contributed by atoms with Crippen molar-refractivity contribution in [2.45, 2.75) is 13.1 Å². The van der Waals surface area contributed by atoms with Crippen LogP contribution in [0, 0.1) is 0 Å². The fourth-order valence-corrected chi connectivity index (χ4v) is 6.27. The molecule has 0 unspecified atom stereocenters. The largest absolute Gasteiger partial charge is 0.497 e. The maximum Gasteiger partial charge on any atom is 0.337 e. The van der Waals surface area contributed by atoms with Gasteiger partial charge >= 0.3 is 5.97 Å². The molecule has 1 saturated heterocycles. The highest BCUT2D eigenvalue weighted by molar-refractivity contribution is 6.41. The number of nitrogens with two attached hydrogens (primary N) is 1. The Labute approximate surface area is 299 Å². The van der Waals surface area contributed by atoms with Crippen LogP contribution in [-0.4, -0.2) is 89.2 Å². The first-order valence-electron chi connectivity index (χ1n) is 15.5. The summed E-state index contributed by atoms with van der Waals surface area (Å²) < 4.78 is 15.8. The van der Waals surface area contributed by atoms with Gasteiger partial charge in [0, 0.05) is 75.1 Å². The molecule has 14 heteroatoms. The summed E-state index contributed by atoms with van der Waals surface area (Å²) in [7, 11) is 4.64. The Morgan fingerprint density at radius 1 is 0.760 bits per heavy atom. The van der Waals surface area contributed by atoms with Crippen LogP contribution in [0.15, 0.2) is 73.2 Å². The Hall–Kier alpha value is -5.01. The average molecular weight is 720 g/mol. The van der Waals surface area contributed by atoms with E-state index in [4.69, 9.17) is 43.1 Å². The zero-order valence-corrected chi connectivity index (χ0v) is 29.2. The minimum atomic E-state index is -1.10. The second-order valence-corrected chi connectivity index (χ2v) is 12.1. The molecule has 3 N–H and O–H groups in total. The molecule has 0 spiro atoms. The number of carbonyl (C=O) groups is 2. The van der Waals surface area contributed by atoms with Crippen LogP contribution in [0.1, 0.15) is 32.0 Å². The number of amides is 1. The predicted octanol–water partition coefficient (Wildman–Crippen LogP) is 5.83. The second-order valence-electron chi connectivity index (χ2n) is 11.3. The molecule has 6 rings (SSSR count). The summed E-state index contributed by atoms with van der Waals surface area (Å²) in [5.74, 6) is 0.0511. The number of carbonyl (C=O) groups excluding carboxylic acids is 1. The maximum absolute atomic E-state index is 11.4. The quantitative estimate of drug-likeness (QED) is 0.179. The Kier molecular flexibility index (Phi) is 12.0. The van der Waals surface area contributed by atoms with Gasteiger partial charge < -0.3 is 25.1 Å². The number of hydrogen-bond donors (Lipinski definition) is 2. The van der Waals surface area contributed by atoms with Crippen LogP contribution >= 0.6 is 23.2 Å². The fourth-order valence-electron chi connectivity index (χ4n) is 5.57. The average Bonchev–Trinajstić information content (AvgIpc) is 3.13. The van der Waals surface area contributed by atoms with E-state index in [2.05, 4.69) is 36.9 Å². The topological polar surface area (TPSA) is 153 Å². The number of pyridine rings is 1. The molecule has 3 aromatic carbocycles. The highest BCUT2D eigenvalue weighted by Crippen LogP contribution is 2.47. The highest BCUT2D eigenvalue weighted by atomic mass is 35.5. The monoisotopic (exact) mass is 718 g/mol. The summed E-state index contributed by atoms with van der Waals surface area (Å²) in [5.41, 5.74) is 9.54. The first-order valence-corrected chi connectivity index (χ1v) is 16.3. The lowest BCUT2D eigenvalue weighted by Gasteiger charge is -2.34. The Bertz CT molecular complexity index is 1940. The molecule has 0 radical (unpaired) electrons. The summed E-state index contributed by atoms with van der Waals surface area (Å²) in [5, 5.41) is 9.89. The van der Waals surface area contributed by atoms with Crippen molar-refractivity contribution in [2.75, 3.05) is 47.5 Å². The predicted molar refractivity (Wildman–Crippen MR) is 191 cm³/mol. The molecule has 1 aliphatic rings. The van der Waals surface area contributed by atoms with E-state index in [1.54, 1.807) is 31.5 Å². The molecule has 0 bridgehead atoms. The lowest BCUT2D eigenvalue weighted by atomic mass is 10.00. The Morgan fingerprint density at radius 3 is 1.82 bits per heavy atom.